The highest BCUT2D eigenvalue weighted by molar-refractivity contribution is 5.32. The summed E-state index contributed by atoms with van der Waals surface area (Å²) in [5.41, 5.74) is 0. The summed E-state index contributed by atoms with van der Waals surface area (Å²) in [5, 5.41) is 6.89. The molecule has 0 radical (unpaired) electrons. The Hall–Kier alpha value is -0.570. The van der Waals surface area contributed by atoms with Crippen molar-refractivity contribution in [2.75, 3.05) is 6.61 Å². The largest absolute Gasteiger partial charge is 0.483 e. The second kappa shape index (κ2) is 9.00. The van der Waals surface area contributed by atoms with Crippen LogP contribution in [0.5, 0.6) is 0 Å². The highest BCUT2D eigenvalue weighted by Gasteiger charge is 2.17. The summed E-state index contributed by atoms with van der Waals surface area (Å²) in [6.07, 6.45) is 7.07. The van der Waals surface area contributed by atoms with Crippen LogP contribution >= 0.6 is 0 Å². The normalized spacial score (nSPS) is 26.1. The van der Waals surface area contributed by atoms with Crippen molar-refractivity contribution in [3.63, 3.8) is 0 Å². The standard InChI is InChI=1S/C10H20O.CH2O2/c1-3-8-11-10-6-4-9(2)5-7-10;2-1-3/h9-10H,3-8H2,1-2H3;1H,(H,2,3). The second-order valence-corrected chi connectivity index (χ2v) is 3.86. The Morgan fingerprint density at radius 1 is 1.36 bits per heavy atom. The van der Waals surface area contributed by atoms with Gasteiger partial charge in [0.05, 0.1) is 6.10 Å². The number of carboxylic acid groups (broad SMARTS) is 1. The van der Waals surface area contributed by atoms with Crippen molar-refractivity contribution in [2.24, 2.45) is 5.92 Å². The molecule has 1 aliphatic rings. The average Bonchev–Trinajstić information content (AvgIpc) is 2.18. The molecule has 0 atom stereocenters. The van der Waals surface area contributed by atoms with E-state index in [1.165, 1.54) is 25.7 Å². The number of hydrogen-bond donors (Lipinski definition) is 1. The molecule has 0 aliphatic heterocycles. The Bertz CT molecular complexity index is 126. The summed E-state index contributed by atoms with van der Waals surface area (Å²) in [5.74, 6) is 0.941. The van der Waals surface area contributed by atoms with E-state index >= 15 is 0 Å². The Morgan fingerprint density at radius 2 is 1.86 bits per heavy atom. The van der Waals surface area contributed by atoms with Crippen molar-refractivity contribution in [1.82, 2.24) is 0 Å². The van der Waals surface area contributed by atoms with Crippen molar-refractivity contribution in [1.29, 1.82) is 0 Å². The molecule has 0 unspecified atom stereocenters. The van der Waals surface area contributed by atoms with Gasteiger partial charge < -0.3 is 9.84 Å². The first kappa shape index (κ1) is 13.4. The summed E-state index contributed by atoms with van der Waals surface area (Å²) in [6, 6.07) is 0. The van der Waals surface area contributed by atoms with Crippen LogP contribution in [-0.2, 0) is 9.53 Å². The van der Waals surface area contributed by atoms with Gasteiger partial charge in [0.2, 0.25) is 0 Å². The third-order valence-electron chi connectivity index (χ3n) is 2.52. The summed E-state index contributed by atoms with van der Waals surface area (Å²) in [4.78, 5) is 8.36. The lowest BCUT2D eigenvalue weighted by Crippen LogP contribution is -2.20. The van der Waals surface area contributed by atoms with Gasteiger partial charge in [-0.25, -0.2) is 0 Å². The monoisotopic (exact) mass is 202 g/mol. The topological polar surface area (TPSA) is 46.5 Å². The fraction of sp³-hybridized carbons (Fsp3) is 0.909. The third kappa shape index (κ3) is 6.89. The maximum Gasteiger partial charge on any atom is 0.290 e. The molecule has 1 saturated carbocycles. The van der Waals surface area contributed by atoms with Crippen LogP contribution in [0.4, 0.5) is 0 Å². The SMILES string of the molecule is CCCOC1CCC(C)CC1.O=CO. The molecule has 0 aromatic heterocycles. The smallest absolute Gasteiger partial charge is 0.290 e. The Balaban J connectivity index is 0.000000500. The molecule has 0 spiro atoms. The Morgan fingerprint density at radius 3 is 2.29 bits per heavy atom. The first-order chi connectivity index (χ1) is 6.74. The van der Waals surface area contributed by atoms with Crippen LogP contribution in [0, 0.1) is 5.92 Å². The first-order valence-corrected chi connectivity index (χ1v) is 5.44. The molecule has 3 nitrogen and oxygen atoms in total. The number of hydrogen-bond acceptors (Lipinski definition) is 2. The van der Waals surface area contributed by atoms with Gasteiger partial charge in [-0.15, -0.1) is 0 Å². The van der Waals surface area contributed by atoms with E-state index in [2.05, 4.69) is 13.8 Å². The third-order valence-corrected chi connectivity index (χ3v) is 2.52. The average molecular weight is 202 g/mol. The van der Waals surface area contributed by atoms with E-state index in [0.29, 0.717) is 6.10 Å². The van der Waals surface area contributed by atoms with Crippen molar-refractivity contribution < 1.29 is 14.6 Å². The highest BCUT2D eigenvalue weighted by Crippen LogP contribution is 2.25. The maximum absolute atomic E-state index is 8.36. The van der Waals surface area contributed by atoms with Crippen LogP contribution < -0.4 is 0 Å². The summed E-state index contributed by atoms with van der Waals surface area (Å²) < 4.78 is 5.68. The number of ether oxygens (including phenoxy) is 1. The van der Waals surface area contributed by atoms with Gasteiger partial charge in [0, 0.05) is 6.61 Å². The minimum atomic E-state index is -0.250. The molecule has 1 aliphatic carbocycles. The minimum Gasteiger partial charge on any atom is -0.483 e. The van der Waals surface area contributed by atoms with E-state index in [1.54, 1.807) is 0 Å². The lowest BCUT2D eigenvalue weighted by Gasteiger charge is -2.25. The maximum atomic E-state index is 8.36. The molecule has 3 heteroatoms. The van der Waals surface area contributed by atoms with E-state index in [4.69, 9.17) is 14.6 Å². The molecular weight excluding hydrogens is 180 g/mol. The van der Waals surface area contributed by atoms with Crippen LogP contribution in [0.1, 0.15) is 46.0 Å². The van der Waals surface area contributed by atoms with Gasteiger partial charge >= 0.3 is 0 Å². The van der Waals surface area contributed by atoms with E-state index in [1.807, 2.05) is 0 Å². The van der Waals surface area contributed by atoms with Crippen molar-refractivity contribution in [3.8, 4) is 0 Å². The van der Waals surface area contributed by atoms with Crippen molar-refractivity contribution in [2.45, 2.75) is 52.1 Å². The summed E-state index contributed by atoms with van der Waals surface area (Å²) in [7, 11) is 0. The second-order valence-electron chi connectivity index (χ2n) is 3.86. The van der Waals surface area contributed by atoms with E-state index in [0.717, 1.165) is 18.9 Å². The zero-order valence-electron chi connectivity index (χ0n) is 9.24. The highest BCUT2D eigenvalue weighted by atomic mass is 16.5. The molecule has 0 saturated heterocycles. The van der Waals surface area contributed by atoms with Gasteiger partial charge in [-0.2, -0.15) is 0 Å². The predicted octanol–water partition coefficient (Wildman–Crippen LogP) is 2.69. The zero-order valence-corrected chi connectivity index (χ0v) is 9.24. The Labute approximate surface area is 86.5 Å². The summed E-state index contributed by atoms with van der Waals surface area (Å²) >= 11 is 0. The van der Waals surface area contributed by atoms with Gasteiger partial charge in [-0.05, 0) is 38.0 Å². The van der Waals surface area contributed by atoms with E-state index < -0.39 is 0 Å². The molecule has 0 amide bonds. The lowest BCUT2D eigenvalue weighted by atomic mass is 9.89. The zero-order chi connectivity index (χ0) is 10.8. The van der Waals surface area contributed by atoms with Crippen LogP contribution in [0.2, 0.25) is 0 Å². The molecule has 1 N–H and O–H groups in total. The van der Waals surface area contributed by atoms with Crippen LogP contribution in [0.15, 0.2) is 0 Å². The van der Waals surface area contributed by atoms with E-state index in [-0.39, 0.29) is 6.47 Å². The van der Waals surface area contributed by atoms with Gasteiger partial charge in [-0.1, -0.05) is 13.8 Å². The summed E-state index contributed by atoms with van der Waals surface area (Å²) in [6.45, 7) is 5.22. The van der Waals surface area contributed by atoms with Gasteiger partial charge in [0.25, 0.3) is 6.47 Å². The molecule has 84 valence electrons. The van der Waals surface area contributed by atoms with Crippen LogP contribution in [0.3, 0.4) is 0 Å². The van der Waals surface area contributed by atoms with Crippen molar-refractivity contribution in [3.05, 3.63) is 0 Å². The molecular formula is C11H22O3. The lowest BCUT2D eigenvalue weighted by molar-refractivity contribution is -0.122. The van der Waals surface area contributed by atoms with Gasteiger partial charge in [0.1, 0.15) is 0 Å². The molecule has 1 fully saturated rings. The van der Waals surface area contributed by atoms with Crippen LogP contribution in [0.25, 0.3) is 0 Å². The molecule has 1 rings (SSSR count). The van der Waals surface area contributed by atoms with Gasteiger partial charge in [-0.3, -0.25) is 4.79 Å². The number of carbonyl (C=O) groups is 1. The van der Waals surface area contributed by atoms with Gasteiger partial charge in [0.15, 0.2) is 0 Å². The van der Waals surface area contributed by atoms with E-state index in [9.17, 15) is 0 Å². The fourth-order valence-corrected chi connectivity index (χ4v) is 1.68. The predicted molar refractivity (Wildman–Crippen MR) is 56.4 cm³/mol. The number of rotatable bonds is 3. The van der Waals surface area contributed by atoms with Crippen LogP contribution in [-0.4, -0.2) is 24.3 Å². The van der Waals surface area contributed by atoms with Crippen molar-refractivity contribution >= 4 is 6.47 Å². The molecule has 0 aromatic carbocycles. The quantitative estimate of drug-likeness (QED) is 0.716. The minimum absolute atomic E-state index is 0.250. The molecule has 0 bridgehead atoms. The molecule has 0 heterocycles. The first-order valence-electron chi connectivity index (χ1n) is 5.44. The fourth-order valence-electron chi connectivity index (χ4n) is 1.68. The molecule has 0 aromatic rings. The Kier molecular flexibility index (Phi) is 8.64. The molecule has 14 heavy (non-hydrogen) atoms.